The van der Waals surface area contributed by atoms with Crippen LogP contribution >= 0.6 is 0 Å². The average Bonchev–Trinajstić information content (AvgIpc) is 2.36. The quantitative estimate of drug-likeness (QED) is 0.850. The highest BCUT2D eigenvalue weighted by Gasteiger charge is 2.33. The van der Waals surface area contributed by atoms with Crippen LogP contribution in [-0.2, 0) is 9.53 Å². The summed E-state index contributed by atoms with van der Waals surface area (Å²) in [5.74, 6) is -1.05. The monoisotopic (exact) mass is 263 g/mol. The molecule has 2 rings (SSSR count). The van der Waals surface area contributed by atoms with Crippen LogP contribution in [-0.4, -0.2) is 31.2 Å². The smallest absolute Gasteiger partial charge is 0.250 e. The van der Waals surface area contributed by atoms with E-state index < -0.39 is 11.7 Å². The van der Waals surface area contributed by atoms with Crippen LogP contribution in [0.1, 0.15) is 12.5 Å². The van der Waals surface area contributed by atoms with Crippen molar-refractivity contribution in [2.75, 3.05) is 25.0 Å². The van der Waals surface area contributed by atoms with E-state index in [0.29, 0.717) is 13.1 Å². The van der Waals surface area contributed by atoms with Gasteiger partial charge in [-0.15, -0.1) is 0 Å². The number of nitrogens with one attached hydrogen (secondary N) is 2. The summed E-state index contributed by atoms with van der Waals surface area (Å²) in [4.78, 5) is 11.6. The van der Waals surface area contributed by atoms with E-state index in [1.807, 2.05) is 13.0 Å². The summed E-state index contributed by atoms with van der Waals surface area (Å²) in [7, 11) is 0. The van der Waals surface area contributed by atoms with Crippen molar-refractivity contribution in [1.82, 2.24) is 5.32 Å². The molecule has 1 saturated heterocycles. The van der Waals surface area contributed by atoms with Crippen molar-refractivity contribution in [2.24, 2.45) is 0 Å². The highest BCUT2D eigenvalue weighted by Crippen LogP contribution is 2.17. The number of benzene rings is 1. The van der Waals surface area contributed by atoms with Gasteiger partial charge in [0.15, 0.2) is 0 Å². The van der Waals surface area contributed by atoms with E-state index in [1.165, 1.54) is 12.1 Å². The molecular weight excluding hydrogens is 249 g/mol. The normalized spacial score (nSPS) is 16.3. The van der Waals surface area contributed by atoms with Crippen LogP contribution in [0.25, 0.3) is 0 Å². The summed E-state index contributed by atoms with van der Waals surface area (Å²) in [6.07, 6.45) is 0. The number of amides is 1. The molecule has 100 valence electrons. The Morgan fingerprint density at radius 3 is 2.89 bits per heavy atom. The van der Waals surface area contributed by atoms with Crippen LogP contribution in [0, 0.1) is 17.1 Å². The molecule has 0 atom stereocenters. The third-order valence-corrected chi connectivity index (χ3v) is 2.92. The zero-order chi connectivity index (χ0) is 13.9. The number of nitrogens with zero attached hydrogens (tertiary/aromatic N) is 1. The number of anilines is 1. The molecule has 6 heteroatoms. The second-order valence-electron chi connectivity index (χ2n) is 4.70. The maximum Gasteiger partial charge on any atom is 0.250 e. The van der Waals surface area contributed by atoms with E-state index in [-0.39, 0.29) is 23.5 Å². The minimum atomic E-state index is -0.635. The highest BCUT2D eigenvalue weighted by molar-refractivity contribution is 5.91. The lowest BCUT2D eigenvalue weighted by Crippen LogP contribution is -2.59. The molecule has 1 aromatic rings. The van der Waals surface area contributed by atoms with Crippen molar-refractivity contribution in [1.29, 1.82) is 5.26 Å². The van der Waals surface area contributed by atoms with Crippen molar-refractivity contribution >= 4 is 11.6 Å². The first-order chi connectivity index (χ1) is 9.02. The predicted octanol–water partition coefficient (Wildman–Crippen LogP) is 1.01. The number of hydrogen-bond acceptors (Lipinski definition) is 4. The Balaban J connectivity index is 1.90. The molecule has 0 aliphatic carbocycles. The molecule has 5 nitrogen and oxygen atoms in total. The Morgan fingerprint density at radius 2 is 2.37 bits per heavy atom. The molecule has 0 saturated carbocycles. The average molecular weight is 263 g/mol. The van der Waals surface area contributed by atoms with Gasteiger partial charge in [-0.2, -0.15) is 5.26 Å². The number of ether oxygens (including phenoxy) is 1. The second-order valence-corrected chi connectivity index (χ2v) is 4.70. The Morgan fingerprint density at radius 1 is 1.63 bits per heavy atom. The molecule has 1 amide bonds. The van der Waals surface area contributed by atoms with Crippen molar-refractivity contribution in [3.8, 4) is 6.07 Å². The topological polar surface area (TPSA) is 74.1 Å². The molecular formula is C13H14FN3O2. The third-order valence-electron chi connectivity index (χ3n) is 2.92. The van der Waals surface area contributed by atoms with E-state index in [1.54, 1.807) is 0 Å². The fourth-order valence-corrected chi connectivity index (χ4v) is 1.69. The molecule has 0 unspecified atom stereocenters. The van der Waals surface area contributed by atoms with Gasteiger partial charge in [0.05, 0.1) is 22.9 Å². The summed E-state index contributed by atoms with van der Waals surface area (Å²) in [6, 6.07) is 5.70. The van der Waals surface area contributed by atoms with Gasteiger partial charge in [-0.25, -0.2) is 4.39 Å². The minimum Gasteiger partial charge on any atom is -0.363 e. The molecule has 19 heavy (non-hydrogen) atoms. The van der Waals surface area contributed by atoms with Crippen LogP contribution in [0.4, 0.5) is 10.1 Å². The summed E-state index contributed by atoms with van der Waals surface area (Å²) >= 11 is 0. The van der Waals surface area contributed by atoms with Crippen LogP contribution in [0.3, 0.4) is 0 Å². The molecule has 1 aliphatic rings. The third kappa shape index (κ3) is 3.28. The first-order valence-electron chi connectivity index (χ1n) is 5.87. The largest absolute Gasteiger partial charge is 0.363 e. The summed E-state index contributed by atoms with van der Waals surface area (Å²) in [5, 5.41) is 14.1. The van der Waals surface area contributed by atoms with Crippen LogP contribution in [0.15, 0.2) is 18.2 Å². The van der Waals surface area contributed by atoms with E-state index >= 15 is 0 Å². The van der Waals surface area contributed by atoms with Crippen molar-refractivity contribution in [2.45, 2.75) is 12.5 Å². The fraction of sp³-hybridized carbons (Fsp3) is 0.385. The van der Waals surface area contributed by atoms with Gasteiger partial charge in [0.25, 0.3) is 0 Å². The number of halogens is 1. The number of nitriles is 1. The Hall–Kier alpha value is -1.97. The zero-order valence-corrected chi connectivity index (χ0v) is 10.5. The molecule has 0 aromatic heterocycles. The SMILES string of the molecule is CC1(OCC(=O)Nc2ccc(C#N)cc2F)CNC1. The fourth-order valence-electron chi connectivity index (χ4n) is 1.69. The summed E-state index contributed by atoms with van der Waals surface area (Å²) in [6.45, 7) is 3.17. The van der Waals surface area contributed by atoms with Crippen molar-refractivity contribution < 1.29 is 13.9 Å². The molecule has 0 radical (unpaired) electrons. The van der Waals surface area contributed by atoms with E-state index in [2.05, 4.69) is 10.6 Å². The van der Waals surface area contributed by atoms with Gasteiger partial charge in [-0.3, -0.25) is 4.79 Å². The lowest BCUT2D eigenvalue weighted by atomic mass is 10.0. The van der Waals surface area contributed by atoms with Crippen LogP contribution < -0.4 is 10.6 Å². The van der Waals surface area contributed by atoms with Crippen LogP contribution in [0.5, 0.6) is 0 Å². The number of carbonyl (C=O) groups excluding carboxylic acids is 1. The van der Waals surface area contributed by atoms with Crippen molar-refractivity contribution in [3.05, 3.63) is 29.6 Å². The zero-order valence-electron chi connectivity index (χ0n) is 10.5. The lowest BCUT2D eigenvalue weighted by Gasteiger charge is -2.38. The second kappa shape index (κ2) is 5.34. The minimum absolute atomic E-state index is 0.0458. The predicted molar refractivity (Wildman–Crippen MR) is 67.0 cm³/mol. The molecule has 1 fully saturated rings. The van der Waals surface area contributed by atoms with Gasteiger partial charge in [-0.05, 0) is 25.1 Å². The van der Waals surface area contributed by atoms with Crippen molar-refractivity contribution in [3.63, 3.8) is 0 Å². The van der Waals surface area contributed by atoms with E-state index in [9.17, 15) is 9.18 Å². The number of carbonyl (C=O) groups is 1. The Kier molecular flexibility index (Phi) is 3.79. The maximum absolute atomic E-state index is 13.5. The van der Waals surface area contributed by atoms with Gasteiger partial charge in [0.1, 0.15) is 12.4 Å². The number of hydrogen-bond donors (Lipinski definition) is 2. The standard InChI is InChI=1S/C13H14FN3O2/c1-13(7-16-8-13)19-6-12(18)17-11-3-2-9(5-15)4-10(11)14/h2-4,16H,6-8H2,1H3,(H,17,18). The molecule has 1 heterocycles. The molecule has 1 aliphatic heterocycles. The maximum atomic E-state index is 13.5. The van der Waals surface area contributed by atoms with E-state index in [0.717, 1.165) is 6.07 Å². The first kappa shape index (κ1) is 13.5. The van der Waals surface area contributed by atoms with Gasteiger partial charge >= 0.3 is 0 Å². The molecule has 2 N–H and O–H groups in total. The highest BCUT2D eigenvalue weighted by atomic mass is 19.1. The molecule has 0 bridgehead atoms. The first-order valence-corrected chi connectivity index (χ1v) is 5.87. The van der Waals surface area contributed by atoms with Gasteiger partial charge in [0.2, 0.25) is 5.91 Å². The number of rotatable bonds is 4. The molecule has 0 spiro atoms. The van der Waals surface area contributed by atoms with Gasteiger partial charge in [0, 0.05) is 13.1 Å². The van der Waals surface area contributed by atoms with Gasteiger partial charge in [-0.1, -0.05) is 0 Å². The van der Waals surface area contributed by atoms with Crippen LogP contribution in [0.2, 0.25) is 0 Å². The molecule has 1 aromatic carbocycles. The lowest BCUT2D eigenvalue weighted by molar-refractivity contribution is -0.130. The Bertz CT molecular complexity index is 535. The van der Waals surface area contributed by atoms with Gasteiger partial charge < -0.3 is 15.4 Å². The summed E-state index contributed by atoms with van der Waals surface area (Å²) < 4.78 is 19.0. The Labute approximate surface area is 110 Å². The summed E-state index contributed by atoms with van der Waals surface area (Å²) in [5.41, 5.74) is -0.0649. The van der Waals surface area contributed by atoms with E-state index in [4.69, 9.17) is 10.00 Å².